The molecule has 0 spiro atoms. The molecule has 1 aliphatic rings. The first kappa shape index (κ1) is 12.9. The van der Waals surface area contributed by atoms with Gasteiger partial charge >= 0.3 is 0 Å². The fourth-order valence-corrected chi connectivity index (χ4v) is 2.78. The Kier molecular flexibility index (Phi) is 2.72. The minimum atomic E-state index is -0.129. The SMILES string of the molecule is Cc1ccnc([C@H]2C[C@@H]2c2nc3cc(N)ccc3c(=O)[nH]2)n1. The Hall–Kier alpha value is -2.76. The molecular formula is C16H15N5O. The first-order valence-corrected chi connectivity index (χ1v) is 7.21. The average molecular weight is 293 g/mol. The van der Waals surface area contributed by atoms with E-state index in [0.29, 0.717) is 22.4 Å². The summed E-state index contributed by atoms with van der Waals surface area (Å²) in [6, 6.07) is 7.02. The van der Waals surface area contributed by atoms with Crippen LogP contribution < -0.4 is 11.3 Å². The molecule has 22 heavy (non-hydrogen) atoms. The smallest absolute Gasteiger partial charge is 0.258 e. The van der Waals surface area contributed by atoms with Crippen LogP contribution in [0.1, 0.15) is 35.6 Å². The van der Waals surface area contributed by atoms with E-state index in [4.69, 9.17) is 5.73 Å². The predicted octanol–water partition coefficient (Wildman–Crippen LogP) is 1.87. The molecule has 0 bridgehead atoms. The van der Waals surface area contributed by atoms with E-state index in [-0.39, 0.29) is 17.4 Å². The molecule has 0 radical (unpaired) electrons. The molecule has 0 unspecified atom stereocenters. The average Bonchev–Trinajstić information content (AvgIpc) is 3.27. The second-order valence-corrected chi connectivity index (χ2v) is 5.73. The number of H-pyrrole nitrogens is 1. The van der Waals surface area contributed by atoms with Crippen LogP contribution in [0.25, 0.3) is 10.9 Å². The van der Waals surface area contributed by atoms with Crippen LogP contribution in [0.3, 0.4) is 0 Å². The van der Waals surface area contributed by atoms with Crippen LogP contribution in [-0.4, -0.2) is 19.9 Å². The first-order chi connectivity index (χ1) is 10.6. The molecule has 0 aliphatic heterocycles. The van der Waals surface area contributed by atoms with Crippen molar-refractivity contribution in [3.8, 4) is 0 Å². The van der Waals surface area contributed by atoms with Gasteiger partial charge in [-0.15, -0.1) is 0 Å². The van der Waals surface area contributed by atoms with Crippen molar-refractivity contribution in [1.29, 1.82) is 0 Å². The summed E-state index contributed by atoms with van der Waals surface area (Å²) in [4.78, 5) is 28.4. The number of nitrogens with one attached hydrogen (secondary N) is 1. The highest BCUT2D eigenvalue weighted by molar-refractivity contribution is 5.80. The van der Waals surface area contributed by atoms with E-state index in [0.717, 1.165) is 17.9 Å². The van der Waals surface area contributed by atoms with Crippen molar-refractivity contribution in [2.24, 2.45) is 0 Å². The van der Waals surface area contributed by atoms with E-state index in [1.54, 1.807) is 24.4 Å². The van der Waals surface area contributed by atoms with Crippen LogP contribution in [0.4, 0.5) is 5.69 Å². The lowest BCUT2D eigenvalue weighted by Crippen LogP contribution is -2.12. The molecule has 110 valence electrons. The molecule has 1 aliphatic carbocycles. The highest BCUT2D eigenvalue weighted by Gasteiger charge is 2.43. The number of aromatic amines is 1. The van der Waals surface area contributed by atoms with Crippen LogP contribution in [0.15, 0.2) is 35.3 Å². The zero-order chi connectivity index (χ0) is 15.3. The van der Waals surface area contributed by atoms with Crippen molar-refractivity contribution in [3.05, 3.63) is 58.2 Å². The van der Waals surface area contributed by atoms with Gasteiger partial charge in [0.05, 0.1) is 10.9 Å². The molecule has 2 atom stereocenters. The van der Waals surface area contributed by atoms with Crippen LogP contribution in [0.2, 0.25) is 0 Å². The Balaban J connectivity index is 1.72. The van der Waals surface area contributed by atoms with Gasteiger partial charge in [-0.05, 0) is 37.6 Å². The van der Waals surface area contributed by atoms with E-state index in [1.165, 1.54) is 0 Å². The van der Waals surface area contributed by atoms with E-state index < -0.39 is 0 Å². The number of hydrogen-bond donors (Lipinski definition) is 2. The second-order valence-electron chi connectivity index (χ2n) is 5.73. The summed E-state index contributed by atoms with van der Waals surface area (Å²) < 4.78 is 0. The fraction of sp³-hybridized carbons (Fsp3) is 0.250. The summed E-state index contributed by atoms with van der Waals surface area (Å²) in [6.07, 6.45) is 2.67. The summed E-state index contributed by atoms with van der Waals surface area (Å²) in [5.41, 5.74) is 7.83. The Bertz CT molecular complexity index is 933. The maximum absolute atomic E-state index is 12.2. The maximum Gasteiger partial charge on any atom is 0.258 e. The number of nitrogen functional groups attached to an aromatic ring is 1. The number of rotatable bonds is 2. The summed E-state index contributed by atoms with van der Waals surface area (Å²) >= 11 is 0. The molecular weight excluding hydrogens is 278 g/mol. The van der Waals surface area contributed by atoms with Gasteiger partial charge < -0.3 is 10.7 Å². The van der Waals surface area contributed by atoms with Crippen molar-refractivity contribution in [2.75, 3.05) is 5.73 Å². The monoisotopic (exact) mass is 293 g/mol. The quantitative estimate of drug-likeness (QED) is 0.703. The molecule has 1 fully saturated rings. The Morgan fingerprint density at radius 3 is 2.91 bits per heavy atom. The van der Waals surface area contributed by atoms with Crippen molar-refractivity contribution in [3.63, 3.8) is 0 Å². The van der Waals surface area contributed by atoms with Crippen LogP contribution in [0.5, 0.6) is 0 Å². The van der Waals surface area contributed by atoms with E-state index in [2.05, 4.69) is 19.9 Å². The van der Waals surface area contributed by atoms with Gasteiger partial charge in [0, 0.05) is 29.4 Å². The van der Waals surface area contributed by atoms with E-state index >= 15 is 0 Å². The van der Waals surface area contributed by atoms with Crippen LogP contribution in [-0.2, 0) is 0 Å². The summed E-state index contributed by atoms with van der Waals surface area (Å²) in [5.74, 6) is 1.90. The number of benzene rings is 1. The van der Waals surface area contributed by atoms with Gasteiger partial charge in [-0.1, -0.05) is 0 Å². The van der Waals surface area contributed by atoms with Gasteiger partial charge in [0.25, 0.3) is 5.56 Å². The molecule has 2 heterocycles. The molecule has 6 nitrogen and oxygen atoms in total. The number of aromatic nitrogens is 4. The molecule has 1 saturated carbocycles. The third-order valence-corrected chi connectivity index (χ3v) is 4.04. The minimum absolute atomic E-state index is 0.129. The molecule has 4 rings (SSSR count). The Morgan fingerprint density at radius 1 is 1.23 bits per heavy atom. The van der Waals surface area contributed by atoms with E-state index in [1.807, 2.05) is 13.0 Å². The summed E-state index contributed by atoms with van der Waals surface area (Å²) in [7, 11) is 0. The number of hydrogen-bond acceptors (Lipinski definition) is 5. The normalized spacial score (nSPS) is 20.2. The predicted molar refractivity (Wildman–Crippen MR) is 83.6 cm³/mol. The lowest BCUT2D eigenvalue weighted by atomic mass is 10.2. The highest BCUT2D eigenvalue weighted by Crippen LogP contribution is 2.52. The number of nitrogens with zero attached hydrogens (tertiary/aromatic N) is 3. The lowest BCUT2D eigenvalue weighted by Gasteiger charge is -2.03. The van der Waals surface area contributed by atoms with Crippen LogP contribution in [0, 0.1) is 6.92 Å². The number of fused-ring (bicyclic) bond motifs is 1. The second kappa shape index (κ2) is 4.62. The zero-order valence-corrected chi connectivity index (χ0v) is 12.1. The third kappa shape index (κ3) is 2.13. The summed E-state index contributed by atoms with van der Waals surface area (Å²) in [6.45, 7) is 1.95. The fourth-order valence-electron chi connectivity index (χ4n) is 2.78. The molecule has 2 aromatic heterocycles. The third-order valence-electron chi connectivity index (χ3n) is 4.04. The topological polar surface area (TPSA) is 97.5 Å². The van der Waals surface area contributed by atoms with Crippen LogP contribution >= 0.6 is 0 Å². The molecule has 6 heteroatoms. The molecule has 1 aromatic carbocycles. The number of nitrogens with two attached hydrogens (primary N) is 1. The van der Waals surface area contributed by atoms with Gasteiger partial charge in [-0.3, -0.25) is 4.79 Å². The number of aryl methyl sites for hydroxylation is 1. The zero-order valence-electron chi connectivity index (χ0n) is 12.1. The largest absolute Gasteiger partial charge is 0.399 e. The summed E-state index contributed by atoms with van der Waals surface area (Å²) in [5, 5.41) is 0.557. The number of anilines is 1. The molecule has 0 saturated heterocycles. The molecule has 0 amide bonds. The van der Waals surface area contributed by atoms with Gasteiger partial charge in [0.2, 0.25) is 0 Å². The van der Waals surface area contributed by atoms with Crippen molar-refractivity contribution < 1.29 is 0 Å². The maximum atomic E-state index is 12.2. The molecule has 3 aromatic rings. The molecule has 3 N–H and O–H groups in total. The van der Waals surface area contributed by atoms with Crippen molar-refractivity contribution in [2.45, 2.75) is 25.2 Å². The van der Waals surface area contributed by atoms with Crippen molar-refractivity contribution >= 4 is 16.6 Å². The highest BCUT2D eigenvalue weighted by atomic mass is 16.1. The van der Waals surface area contributed by atoms with Gasteiger partial charge in [0.1, 0.15) is 11.6 Å². The lowest BCUT2D eigenvalue weighted by molar-refractivity contribution is 0.840. The Labute approximate surface area is 126 Å². The standard InChI is InChI=1S/C16H15N5O/c1-8-4-5-18-14(19-8)11-7-12(11)15-20-13-6-9(17)2-3-10(13)16(22)21-15/h2-6,11-12H,7,17H2,1H3,(H,20,21,22)/t11-,12-/m0/s1. The van der Waals surface area contributed by atoms with E-state index in [9.17, 15) is 4.79 Å². The van der Waals surface area contributed by atoms with Crippen molar-refractivity contribution in [1.82, 2.24) is 19.9 Å². The van der Waals surface area contributed by atoms with Gasteiger partial charge in [-0.2, -0.15) is 0 Å². The first-order valence-electron chi connectivity index (χ1n) is 7.21. The Morgan fingerprint density at radius 2 is 2.09 bits per heavy atom. The minimum Gasteiger partial charge on any atom is -0.399 e. The van der Waals surface area contributed by atoms with Gasteiger partial charge in [-0.25, -0.2) is 15.0 Å². The van der Waals surface area contributed by atoms with Gasteiger partial charge in [0.15, 0.2) is 0 Å².